The van der Waals surface area contributed by atoms with Gasteiger partial charge in [-0.2, -0.15) is 0 Å². The van der Waals surface area contributed by atoms with Gasteiger partial charge in [-0.3, -0.25) is 19.2 Å². The minimum Gasteiger partial charge on any atom is -0.493 e. The molecule has 0 saturated carbocycles. The summed E-state index contributed by atoms with van der Waals surface area (Å²) in [5, 5.41) is 1.53. The average Bonchev–Trinajstić information content (AvgIpc) is 3.56. The van der Waals surface area contributed by atoms with Crippen LogP contribution in [0.4, 0.5) is 5.69 Å². The first kappa shape index (κ1) is 30.2. The van der Waals surface area contributed by atoms with Crippen molar-refractivity contribution in [2.45, 2.75) is 6.92 Å². The van der Waals surface area contributed by atoms with Crippen LogP contribution < -0.4 is 19.9 Å². The molecule has 1 saturated heterocycles. The molecular formula is C31H21Cl2N3O5S3. The Morgan fingerprint density at radius 2 is 1.75 bits per heavy atom. The fraction of sp³-hybridized carbons (Fsp3) is 0.0968. The van der Waals surface area contributed by atoms with E-state index in [1.165, 1.54) is 28.0 Å². The lowest BCUT2D eigenvalue weighted by Crippen LogP contribution is -2.33. The third kappa shape index (κ3) is 5.24. The standard InChI is InChI=1S/C31H21Cl2N3O5S3/c1-16-26(29(38)36(34(16)2)19-7-5-4-6-8-19)35-28(37)24(44-31(35)42)14-17-9-12-21(22(13-17)40-3)41-30(39)27-25(33)20-11-10-18(32)15-23(20)43-27/h4-15H,1-3H3/b24-14+. The number of ether oxygens (including phenoxy) is 2. The number of para-hydroxylation sites is 1. The number of thiophene rings is 1. The number of rotatable bonds is 6. The molecule has 5 aromatic rings. The molecule has 1 aliphatic rings. The summed E-state index contributed by atoms with van der Waals surface area (Å²) >= 11 is 20.4. The van der Waals surface area contributed by atoms with Crippen LogP contribution in [0.1, 0.15) is 20.9 Å². The van der Waals surface area contributed by atoms with Gasteiger partial charge >= 0.3 is 5.97 Å². The van der Waals surface area contributed by atoms with E-state index in [1.54, 1.807) is 61.1 Å². The number of hydrogen-bond donors (Lipinski definition) is 0. The molecule has 0 aliphatic carbocycles. The van der Waals surface area contributed by atoms with Crippen molar-refractivity contribution in [1.82, 2.24) is 9.36 Å². The van der Waals surface area contributed by atoms with Crippen LogP contribution in [0, 0.1) is 6.92 Å². The lowest BCUT2D eigenvalue weighted by atomic mass is 10.2. The van der Waals surface area contributed by atoms with Crippen molar-refractivity contribution >= 4 is 96.6 Å². The molecule has 44 heavy (non-hydrogen) atoms. The second-order valence-electron chi connectivity index (χ2n) is 9.61. The van der Waals surface area contributed by atoms with Gasteiger partial charge in [0.25, 0.3) is 11.5 Å². The van der Waals surface area contributed by atoms with Crippen LogP contribution in [0.5, 0.6) is 11.5 Å². The molecule has 1 amide bonds. The maximum absolute atomic E-state index is 13.6. The molecule has 0 radical (unpaired) electrons. The van der Waals surface area contributed by atoms with Crippen LogP contribution in [0.25, 0.3) is 21.8 Å². The first-order valence-electron chi connectivity index (χ1n) is 13.0. The van der Waals surface area contributed by atoms with Gasteiger partial charge in [0.15, 0.2) is 15.8 Å². The highest BCUT2D eigenvalue weighted by molar-refractivity contribution is 8.27. The minimum absolute atomic E-state index is 0.176. The molecule has 13 heteroatoms. The quantitative estimate of drug-likeness (QED) is 0.0788. The number of methoxy groups -OCH3 is 1. The summed E-state index contributed by atoms with van der Waals surface area (Å²) in [5.74, 6) is -0.610. The van der Waals surface area contributed by atoms with E-state index < -0.39 is 11.9 Å². The molecule has 2 aromatic heterocycles. The van der Waals surface area contributed by atoms with Gasteiger partial charge in [0.05, 0.1) is 28.4 Å². The zero-order chi connectivity index (χ0) is 31.3. The van der Waals surface area contributed by atoms with Gasteiger partial charge < -0.3 is 9.47 Å². The van der Waals surface area contributed by atoms with Gasteiger partial charge in [0.2, 0.25) is 0 Å². The third-order valence-corrected chi connectivity index (χ3v) is 10.2. The Labute approximate surface area is 275 Å². The van der Waals surface area contributed by atoms with Gasteiger partial charge in [-0.25, -0.2) is 9.48 Å². The lowest BCUT2D eigenvalue weighted by molar-refractivity contribution is -0.113. The molecule has 0 N–H and O–H groups in total. The summed E-state index contributed by atoms with van der Waals surface area (Å²) < 4.78 is 15.3. The predicted octanol–water partition coefficient (Wildman–Crippen LogP) is 7.64. The monoisotopic (exact) mass is 681 g/mol. The highest BCUT2D eigenvalue weighted by atomic mass is 35.5. The third-order valence-electron chi connectivity index (χ3n) is 7.01. The number of anilines is 1. The van der Waals surface area contributed by atoms with Crippen molar-refractivity contribution in [3.63, 3.8) is 0 Å². The lowest BCUT2D eigenvalue weighted by Gasteiger charge is -2.12. The molecule has 3 heterocycles. The van der Waals surface area contributed by atoms with Gasteiger partial charge in [0.1, 0.15) is 10.6 Å². The van der Waals surface area contributed by atoms with E-state index in [2.05, 4.69) is 0 Å². The molecule has 3 aromatic carbocycles. The van der Waals surface area contributed by atoms with E-state index in [-0.39, 0.29) is 37.0 Å². The highest BCUT2D eigenvalue weighted by Gasteiger charge is 2.37. The number of carbonyl (C=O) groups is 2. The van der Waals surface area contributed by atoms with Gasteiger partial charge in [-0.15, -0.1) is 11.3 Å². The predicted molar refractivity (Wildman–Crippen MR) is 181 cm³/mol. The Balaban J connectivity index is 1.27. The number of hydrogen-bond acceptors (Lipinski definition) is 8. The Bertz CT molecular complexity index is 2100. The number of aromatic nitrogens is 2. The van der Waals surface area contributed by atoms with Crippen molar-refractivity contribution in [3.8, 4) is 17.2 Å². The number of thiocarbonyl (C=S) groups is 1. The summed E-state index contributed by atoms with van der Waals surface area (Å²) in [6.07, 6.45) is 1.65. The first-order valence-corrected chi connectivity index (χ1v) is 15.8. The first-order chi connectivity index (χ1) is 21.1. The molecule has 1 fully saturated rings. The summed E-state index contributed by atoms with van der Waals surface area (Å²) in [7, 11) is 3.20. The largest absolute Gasteiger partial charge is 0.493 e. The van der Waals surface area contributed by atoms with Crippen molar-refractivity contribution in [2.75, 3.05) is 12.0 Å². The van der Waals surface area contributed by atoms with Crippen molar-refractivity contribution < 1.29 is 19.1 Å². The second kappa shape index (κ2) is 11.9. The van der Waals surface area contributed by atoms with Gasteiger partial charge in [-0.1, -0.05) is 77.5 Å². The van der Waals surface area contributed by atoms with Crippen LogP contribution in [0.3, 0.4) is 0 Å². The maximum Gasteiger partial charge on any atom is 0.355 e. The van der Waals surface area contributed by atoms with Gasteiger partial charge in [0, 0.05) is 22.2 Å². The number of esters is 1. The number of halogens is 2. The Kier molecular flexibility index (Phi) is 8.16. The molecule has 0 spiro atoms. The molecule has 222 valence electrons. The Morgan fingerprint density at radius 3 is 2.48 bits per heavy atom. The fourth-order valence-electron chi connectivity index (χ4n) is 4.80. The Morgan fingerprint density at radius 1 is 1.00 bits per heavy atom. The number of thioether (sulfide) groups is 1. The van der Waals surface area contributed by atoms with Gasteiger partial charge in [-0.05, 0) is 55.0 Å². The molecule has 1 aliphatic heterocycles. The normalized spacial score (nSPS) is 14.2. The van der Waals surface area contributed by atoms with E-state index in [1.807, 2.05) is 30.3 Å². The number of carbonyl (C=O) groups excluding carboxylic acids is 2. The summed E-state index contributed by atoms with van der Waals surface area (Å²) in [6, 6.07) is 19.2. The van der Waals surface area contributed by atoms with Crippen molar-refractivity contribution in [2.24, 2.45) is 7.05 Å². The fourth-order valence-corrected chi connectivity index (χ4v) is 7.73. The molecular weight excluding hydrogens is 661 g/mol. The minimum atomic E-state index is -0.640. The zero-order valence-corrected chi connectivity index (χ0v) is 27.3. The van der Waals surface area contributed by atoms with E-state index >= 15 is 0 Å². The Hall–Kier alpha value is -3.87. The SMILES string of the molecule is COc1cc(/C=C2/SC(=S)N(c3c(C)n(C)n(-c4ccccc4)c3=O)C2=O)ccc1OC(=O)c1sc2cc(Cl)ccc2c1Cl. The highest BCUT2D eigenvalue weighted by Crippen LogP contribution is 2.40. The summed E-state index contributed by atoms with van der Waals surface area (Å²) in [5.41, 5.74) is 1.70. The zero-order valence-electron chi connectivity index (χ0n) is 23.3. The molecule has 8 nitrogen and oxygen atoms in total. The summed E-state index contributed by atoms with van der Waals surface area (Å²) in [4.78, 5) is 42.0. The smallest absolute Gasteiger partial charge is 0.355 e. The number of benzene rings is 3. The number of amides is 1. The van der Waals surface area contributed by atoms with E-state index in [9.17, 15) is 14.4 Å². The summed E-state index contributed by atoms with van der Waals surface area (Å²) in [6.45, 7) is 1.77. The average molecular weight is 683 g/mol. The van der Waals surface area contributed by atoms with Crippen LogP contribution in [0.2, 0.25) is 10.0 Å². The van der Waals surface area contributed by atoms with E-state index in [0.29, 0.717) is 32.3 Å². The van der Waals surface area contributed by atoms with Crippen LogP contribution in [0.15, 0.2) is 76.4 Å². The van der Waals surface area contributed by atoms with E-state index in [0.717, 1.165) is 16.5 Å². The van der Waals surface area contributed by atoms with Crippen LogP contribution in [-0.2, 0) is 11.8 Å². The van der Waals surface area contributed by atoms with Crippen molar-refractivity contribution in [1.29, 1.82) is 0 Å². The van der Waals surface area contributed by atoms with Crippen molar-refractivity contribution in [3.05, 3.63) is 108 Å². The molecule has 0 bridgehead atoms. The topological polar surface area (TPSA) is 82.8 Å². The van der Waals surface area contributed by atoms with Crippen LogP contribution >= 0.6 is 58.5 Å². The number of fused-ring (bicyclic) bond motifs is 1. The second-order valence-corrected chi connectivity index (χ2v) is 13.2. The maximum atomic E-state index is 13.6. The van der Waals surface area contributed by atoms with Crippen LogP contribution in [-0.4, -0.2) is 32.7 Å². The molecule has 0 atom stereocenters. The molecule has 0 unspecified atom stereocenters. The molecule has 6 rings (SSSR count). The van der Waals surface area contributed by atoms with E-state index in [4.69, 9.17) is 44.9 Å². The number of nitrogens with zero attached hydrogens (tertiary/aromatic N) is 3.